The minimum atomic E-state index is -3.67. The van der Waals surface area contributed by atoms with E-state index in [0.29, 0.717) is 61.4 Å². The zero-order valence-electron chi connectivity index (χ0n) is 26.7. The third-order valence-corrected chi connectivity index (χ3v) is 6.56. The van der Waals surface area contributed by atoms with Crippen LogP contribution in [0.15, 0.2) is 73.6 Å². The van der Waals surface area contributed by atoms with Gasteiger partial charge >= 0.3 is 0 Å². The predicted molar refractivity (Wildman–Crippen MR) is 181 cm³/mol. The summed E-state index contributed by atoms with van der Waals surface area (Å²) in [6.07, 6.45) is 5.63. The molecule has 3 heterocycles. The summed E-state index contributed by atoms with van der Waals surface area (Å²) in [6.45, 7) is 6.92. The Balaban J connectivity index is 0.000000930. The van der Waals surface area contributed by atoms with Gasteiger partial charge in [-0.1, -0.05) is 36.9 Å². The van der Waals surface area contributed by atoms with Crippen molar-refractivity contribution in [2.24, 2.45) is 0 Å². The fraction of sp³-hybridized carbons (Fsp3) is 0.290. The van der Waals surface area contributed by atoms with E-state index >= 15 is 0 Å². The number of hydrogen-bond donors (Lipinski definition) is 3. The molecule has 0 spiro atoms. The van der Waals surface area contributed by atoms with E-state index in [1.165, 1.54) is 6.08 Å². The first-order chi connectivity index (χ1) is 21.9. The summed E-state index contributed by atoms with van der Waals surface area (Å²) in [7, 11) is 1.99. The molecule has 0 atom stereocenters. The number of carbonyl (C=O) groups excluding carboxylic acids is 1. The van der Waals surface area contributed by atoms with Crippen LogP contribution in [0.25, 0.3) is 17.1 Å². The molecule has 0 radical (unpaired) electrons. The Morgan fingerprint density at radius 2 is 1.83 bits per heavy atom. The van der Waals surface area contributed by atoms with E-state index in [-0.39, 0.29) is 11.4 Å². The molecule has 1 fully saturated rings. The topological polar surface area (TPSA) is 196 Å². The molecule has 47 heavy (non-hydrogen) atoms. The molecule has 1 amide bonds. The molecule has 5 rings (SSSR count). The number of aromatic nitrogens is 4. The summed E-state index contributed by atoms with van der Waals surface area (Å²) in [5.41, 5.74) is 5.06. The van der Waals surface area contributed by atoms with Crippen molar-refractivity contribution >= 4 is 39.0 Å². The van der Waals surface area contributed by atoms with Gasteiger partial charge in [-0.15, -0.1) is 0 Å². The number of nitrogens with one attached hydrogen (secondary N) is 2. The largest absolute Gasteiger partial charge is 0.494 e. The number of benzene rings is 2. The molecule has 0 saturated carbocycles. The average Bonchev–Trinajstić information content (AvgIpc) is 3.44. The minimum absolute atomic E-state index is 0. The van der Waals surface area contributed by atoms with Crippen molar-refractivity contribution in [1.29, 1.82) is 0 Å². The molecule has 1 saturated heterocycles. The average molecular weight is 669 g/mol. The van der Waals surface area contributed by atoms with Gasteiger partial charge in [-0.05, 0) is 26.2 Å². The predicted octanol–water partition coefficient (Wildman–Crippen LogP) is 2.78. The van der Waals surface area contributed by atoms with Gasteiger partial charge in [0.15, 0.2) is 5.82 Å². The van der Waals surface area contributed by atoms with Gasteiger partial charge < -0.3 is 35.4 Å². The van der Waals surface area contributed by atoms with Gasteiger partial charge in [-0.2, -0.15) is 18.5 Å². The Labute approximate surface area is 273 Å². The zero-order chi connectivity index (χ0) is 33.3. The maximum absolute atomic E-state index is 12.3. The Kier molecular flexibility index (Phi) is 12.9. The second kappa shape index (κ2) is 16.6. The molecule has 15 nitrogen and oxygen atoms in total. The van der Waals surface area contributed by atoms with Crippen LogP contribution >= 0.6 is 0 Å². The van der Waals surface area contributed by atoms with Crippen LogP contribution in [-0.4, -0.2) is 103 Å². The second-order valence-corrected chi connectivity index (χ2v) is 12.0. The van der Waals surface area contributed by atoms with E-state index in [4.69, 9.17) is 24.1 Å². The number of rotatable bonds is 10. The normalized spacial score (nSPS) is 12.8. The Morgan fingerprint density at radius 1 is 1.15 bits per heavy atom. The lowest BCUT2D eigenvalue weighted by Crippen LogP contribution is -2.36. The lowest BCUT2D eigenvalue weighted by Gasteiger charge is -2.31. The number of methoxy groups -OCH3 is 1. The molecule has 252 valence electrons. The van der Waals surface area contributed by atoms with E-state index < -0.39 is 10.1 Å². The summed E-state index contributed by atoms with van der Waals surface area (Å²) in [5, 5.41) is 11.1. The van der Waals surface area contributed by atoms with Crippen molar-refractivity contribution in [1.82, 2.24) is 24.6 Å². The quantitative estimate of drug-likeness (QED) is 0.165. The van der Waals surface area contributed by atoms with Crippen LogP contribution in [-0.2, 0) is 26.2 Å². The third-order valence-electron chi connectivity index (χ3n) is 6.56. The summed E-state index contributed by atoms with van der Waals surface area (Å²) in [5.74, 6) is 1.23. The first kappa shape index (κ1) is 36.6. The highest BCUT2D eigenvalue weighted by Crippen LogP contribution is 2.38. The smallest absolute Gasteiger partial charge is 0.261 e. The number of morpholine rings is 1. The van der Waals surface area contributed by atoms with Gasteiger partial charge in [0.1, 0.15) is 5.75 Å². The first-order valence-electron chi connectivity index (χ1n) is 14.2. The van der Waals surface area contributed by atoms with E-state index in [9.17, 15) is 13.2 Å². The van der Waals surface area contributed by atoms with E-state index in [1.54, 1.807) is 24.1 Å². The molecule has 16 heteroatoms. The van der Waals surface area contributed by atoms with Gasteiger partial charge in [0.25, 0.3) is 10.1 Å². The third kappa shape index (κ3) is 10.6. The summed E-state index contributed by atoms with van der Waals surface area (Å²) in [6, 6.07) is 15.6. The van der Waals surface area contributed by atoms with Crippen LogP contribution in [0.1, 0.15) is 5.56 Å². The number of carbonyl (C=O) groups is 1. The molecule has 1 aliphatic rings. The Morgan fingerprint density at radius 3 is 2.45 bits per heavy atom. The van der Waals surface area contributed by atoms with Crippen LogP contribution in [0.4, 0.5) is 23.0 Å². The molecule has 2 aromatic carbocycles. The van der Waals surface area contributed by atoms with Crippen LogP contribution in [0, 0.1) is 0 Å². The number of anilines is 4. The van der Waals surface area contributed by atoms with E-state index in [0.717, 1.165) is 29.1 Å². The molecule has 0 unspecified atom stereocenters. The van der Waals surface area contributed by atoms with Crippen LogP contribution in [0.2, 0.25) is 0 Å². The Bertz CT molecular complexity index is 1750. The molecule has 0 bridgehead atoms. The maximum Gasteiger partial charge on any atom is 0.261 e. The minimum Gasteiger partial charge on any atom is -0.494 e. The van der Waals surface area contributed by atoms with Crippen LogP contribution in [0.3, 0.4) is 0 Å². The number of nitrogens with zero attached hydrogens (tertiary/aromatic N) is 6. The molecule has 1 aliphatic heterocycles. The highest BCUT2D eigenvalue weighted by atomic mass is 32.2. The molecular formula is C31H40N8O7S. The highest BCUT2D eigenvalue weighted by molar-refractivity contribution is 7.85. The van der Waals surface area contributed by atoms with Crippen molar-refractivity contribution in [3.63, 3.8) is 0 Å². The second-order valence-electron chi connectivity index (χ2n) is 10.5. The van der Waals surface area contributed by atoms with Crippen LogP contribution in [0.5, 0.6) is 5.75 Å². The van der Waals surface area contributed by atoms with Gasteiger partial charge in [0.05, 0.1) is 49.3 Å². The molecular weight excluding hydrogens is 628 g/mol. The van der Waals surface area contributed by atoms with Gasteiger partial charge in [0, 0.05) is 55.3 Å². The molecule has 2 aromatic heterocycles. The lowest BCUT2D eigenvalue weighted by molar-refractivity contribution is -0.111. The fourth-order valence-corrected chi connectivity index (χ4v) is 4.67. The van der Waals surface area contributed by atoms with Crippen molar-refractivity contribution in [3.05, 3.63) is 79.1 Å². The molecule has 4 aromatic rings. The zero-order valence-corrected chi connectivity index (χ0v) is 27.5. The van der Waals surface area contributed by atoms with E-state index in [2.05, 4.69) is 32.0 Å². The SMILES string of the molecule is C=CC(=O)Nc1cc(Nc2nccc(-n3cc(CN(C)C)c(-c4ccccc4)n3)n2)c(OC)cc1N1CCOCC1.CS(=O)(=O)O.O. The van der Waals surface area contributed by atoms with E-state index in [1.807, 2.05) is 62.8 Å². The van der Waals surface area contributed by atoms with Crippen molar-refractivity contribution in [3.8, 4) is 22.8 Å². The van der Waals surface area contributed by atoms with Gasteiger partial charge in [-0.3, -0.25) is 9.35 Å². The first-order valence-corrected chi connectivity index (χ1v) is 16.1. The van der Waals surface area contributed by atoms with Gasteiger partial charge in [0.2, 0.25) is 11.9 Å². The number of hydrogen-bond acceptors (Lipinski definition) is 11. The monoisotopic (exact) mass is 668 g/mol. The van der Waals surface area contributed by atoms with Crippen molar-refractivity contribution in [2.75, 3.05) is 69.3 Å². The maximum atomic E-state index is 12.3. The van der Waals surface area contributed by atoms with Gasteiger partial charge in [-0.25, -0.2) is 9.67 Å². The van der Waals surface area contributed by atoms with Crippen molar-refractivity contribution < 1.29 is 32.7 Å². The molecule has 5 N–H and O–H groups in total. The fourth-order valence-electron chi connectivity index (χ4n) is 4.67. The lowest BCUT2D eigenvalue weighted by atomic mass is 10.1. The number of amides is 1. The summed E-state index contributed by atoms with van der Waals surface area (Å²) in [4.78, 5) is 25.7. The number of ether oxygens (including phenoxy) is 2. The van der Waals surface area contributed by atoms with Crippen molar-refractivity contribution in [2.45, 2.75) is 6.54 Å². The highest BCUT2D eigenvalue weighted by Gasteiger charge is 2.20. The Hall–Kier alpha value is -4.87. The summed E-state index contributed by atoms with van der Waals surface area (Å²) < 4.78 is 38.9. The molecule has 0 aliphatic carbocycles. The standard InChI is InChI=1S/C30H34N8O3.CH4O3S.H2O/c1-5-28(39)32-23-17-24(26(40-4)18-25(23)37-13-15-41-16-14-37)33-30-31-12-11-27(34-30)38-20-22(19-36(2)3)29(35-38)21-9-7-6-8-10-21;1-5(2,3)4;/h5-12,17-18,20H,1,13-16,19H2,2-4H3,(H,32,39)(H,31,33,34);1H3,(H,2,3,4);1H2. The van der Waals surface area contributed by atoms with Crippen LogP contribution < -0.4 is 20.3 Å². The summed E-state index contributed by atoms with van der Waals surface area (Å²) >= 11 is 0.